The fourth-order valence-electron chi connectivity index (χ4n) is 11.7. The van der Waals surface area contributed by atoms with Crippen molar-refractivity contribution in [2.75, 3.05) is 39.6 Å². The first-order valence-electron chi connectivity index (χ1n) is 39.7. The lowest BCUT2D eigenvalue weighted by Crippen LogP contribution is -2.30. The minimum Gasteiger partial charge on any atom is -0.462 e. The van der Waals surface area contributed by atoms with Crippen LogP contribution in [0.5, 0.6) is 0 Å². The van der Waals surface area contributed by atoms with E-state index in [0.717, 1.165) is 108 Å². The molecule has 3 N–H and O–H groups in total. The number of aliphatic hydroxyl groups is 1. The van der Waals surface area contributed by atoms with Gasteiger partial charge in [0.25, 0.3) is 0 Å². The maximum atomic E-state index is 13.0. The van der Waals surface area contributed by atoms with Gasteiger partial charge in [0.05, 0.1) is 26.4 Å². The molecule has 0 amide bonds. The molecule has 0 aromatic carbocycles. The molecule has 0 aliphatic rings. The zero-order valence-corrected chi connectivity index (χ0v) is 64.8. The Morgan fingerprint density at radius 2 is 0.500 bits per heavy atom. The molecule has 0 saturated carbocycles. The highest BCUT2D eigenvalue weighted by Crippen LogP contribution is 2.45. The first-order chi connectivity index (χ1) is 46.1. The second-order valence-corrected chi connectivity index (χ2v) is 32.3. The Labute approximate surface area is 588 Å². The molecule has 6 atom stereocenters. The van der Waals surface area contributed by atoms with E-state index < -0.39 is 97.5 Å². The molecular formula is C77H150O17P2. The first-order valence-corrected chi connectivity index (χ1v) is 42.7. The van der Waals surface area contributed by atoms with E-state index in [0.29, 0.717) is 37.5 Å². The van der Waals surface area contributed by atoms with Crippen LogP contribution in [0.25, 0.3) is 0 Å². The highest BCUT2D eigenvalue weighted by molar-refractivity contribution is 7.47. The Morgan fingerprint density at radius 3 is 0.740 bits per heavy atom. The van der Waals surface area contributed by atoms with Crippen LogP contribution in [0.15, 0.2) is 0 Å². The lowest BCUT2D eigenvalue weighted by atomic mass is 9.99. The molecule has 19 heteroatoms. The molecule has 570 valence electrons. The van der Waals surface area contributed by atoms with Crippen molar-refractivity contribution in [3.63, 3.8) is 0 Å². The summed E-state index contributed by atoms with van der Waals surface area (Å²) in [5, 5.41) is 10.6. The van der Waals surface area contributed by atoms with Crippen molar-refractivity contribution in [1.29, 1.82) is 0 Å². The van der Waals surface area contributed by atoms with Gasteiger partial charge in [0.1, 0.15) is 19.3 Å². The number of phosphoric acid groups is 2. The third-order valence-corrected chi connectivity index (χ3v) is 20.1. The van der Waals surface area contributed by atoms with Gasteiger partial charge in [0.15, 0.2) is 12.2 Å². The van der Waals surface area contributed by atoms with E-state index in [4.69, 9.17) is 37.0 Å². The van der Waals surface area contributed by atoms with Crippen molar-refractivity contribution in [1.82, 2.24) is 0 Å². The van der Waals surface area contributed by atoms with E-state index in [9.17, 15) is 43.2 Å². The summed E-state index contributed by atoms with van der Waals surface area (Å²) in [6, 6.07) is 0. The normalized spacial score (nSPS) is 14.4. The summed E-state index contributed by atoms with van der Waals surface area (Å²) in [5.41, 5.74) is 0. The Kier molecular flexibility index (Phi) is 65.0. The molecule has 17 nitrogen and oxygen atoms in total. The number of carbonyl (C=O) groups is 4. The van der Waals surface area contributed by atoms with Crippen LogP contribution in [-0.2, 0) is 65.4 Å². The second-order valence-electron chi connectivity index (χ2n) is 29.4. The van der Waals surface area contributed by atoms with Crippen molar-refractivity contribution in [3.8, 4) is 0 Å². The SMILES string of the molecule is CCC(C)CCCCCCCCCCCCCCCCCCCCC(=O)OC[C@H](COP(=O)(O)OC[C@@H](O)COP(=O)(O)OC[C@@H](COC(=O)CCCCCCCCC(C)C)OC(=O)CCCCCCCCCCCCCCCC(C)C)OC(=O)CCCCCCCCC(C)C. The highest BCUT2D eigenvalue weighted by atomic mass is 31.2. The number of ether oxygens (including phenoxy) is 4. The van der Waals surface area contributed by atoms with Gasteiger partial charge in [0, 0.05) is 25.7 Å². The van der Waals surface area contributed by atoms with Gasteiger partial charge < -0.3 is 33.8 Å². The van der Waals surface area contributed by atoms with Crippen molar-refractivity contribution in [2.45, 2.75) is 408 Å². The van der Waals surface area contributed by atoms with Crippen LogP contribution in [0, 0.1) is 23.7 Å². The Bertz CT molecular complexity index is 1890. The molecule has 0 aliphatic heterocycles. The van der Waals surface area contributed by atoms with Gasteiger partial charge >= 0.3 is 39.5 Å². The average Bonchev–Trinajstić information content (AvgIpc) is 1.12. The monoisotopic (exact) mass is 1410 g/mol. The number of unbranched alkanes of at least 4 members (excludes halogenated alkanes) is 39. The van der Waals surface area contributed by atoms with Gasteiger partial charge in [-0.2, -0.15) is 0 Å². The molecule has 0 spiro atoms. The molecular weight excluding hydrogens is 1260 g/mol. The topological polar surface area (TPSA) is 237 Å². The molecule has 0 saturated heterocycles. The lowest BCUT2D eigenvalue weighted by Gasteiger charge is -2.21. The fraction of sp³-hybridized carbons (Fsp3) is 0.948. The van der Waals surface area contributed by atoms with E-state index in [2.05, 4.69) is 55.4 Å². The predicted octanol–water partition coefficient (Wildman–Crippen LogP) is 22.4. The quantitative estimate of drug-likeness (QED) is 0.0222. The van der Waals surface area contributed by atoms with Crippen LogP contribution in [0.2, 0.25) is 0 Å². The van der Waals surface area contributed by atoms with Crippen LogP contribution >= 0.6 is 15.6 Å². The molecule has 96 heavy (non-hydrogen) atoms. The number of esters is 4. The van der Waals surface area contributed by atoms with E-state index in [-0.39, 0.29) is 25.7 Å². The van der Waals surface area contributed by atoms with Crippen molar-refractivity contribution in [2.24, 2.45) is 23.7 Å². The van der Waals surface area contributed by atoms with Gasteiger partial charge in [0.2, 0.25) is 0 Å². The molecule has 0 aromatic heterocycles. The third kappa shape index (κ3) is 69.2. The van der Waals surface area contributed by atoms with E-state index in [1.165, 1.54) is 186 Å². The molecule has 0 fully saturated rings. The third-order valence-electron chi connectivity index (χ3n) is 18.2. The maximum absolute atomic E-state index is 13.0. The summed E-state index contributed by atoms with van der Waals surface area (Å²) in [7, 11) is -9.91. The average molecular weight is 1410 g/mol. The number of carbonyl (C=O) groups excluding carboxylic acids is 4. The highest BCUT2D eigenvalue weighted by Gasteiger charge is 2.30. The summed E-state index contributed by atoms with van der Waals surface area (Å²) in [6.45, 7) is 14.1. The van der Waals surface area contributed by atoms with Gasteiger partial charge in [-0.15, -0.1) is 0 Å². The summed E-state index contributed by atoms with van der Waals surface area (Å²) < 4.78 is 68.4. The number of rotatable bonds is 74. The van der Waals surface area contributed by atoms with E-state index >= 15 is 0 Å². The van der Waals surface area contributed by atoms with Crippen molar-refractivity contribution < 1.29 is 80.2 Å². The summed E-state index contributed by atoms with van der Waals surface area (Å²) in [6.07, 6.45) is 51.8. The zero-order chi connectivity index (χ0) is 71.0. The van der Waals surface area contributed by atoms with Crippen LogP contribution in [-0.4, -0.2) is 96.7 Å². The van der Waals surface area contributed by atoms with Crippen molar-refractivity contribution in [3.05, 3.63) is 0 Å². The Hall–Kier alpha value is -1.94. The van der Waals surface area contributed by atoms with Gasteiger partial charge in [-0.05, 0) is 49.4 Å². The summed E-state index contributed by atoms with van der Waals surface area (Å²) in [4.78, 5) is 72.7. The van der Waals surface area contributed by atoms with Crippen LogP contribution in [0.1, 0.15) is 389 Å². The molecule has 3 unspecified atom stereocenters. The molecule has 0 aliphatic carbocycles. The predicted molar refractivity (Wildman–Crippen MR) is 391 cm³/mol. The molecule has 0 bridgehead atoms. The number of aliphatic hydroxyl groups excluding tert-OH is 1. The molecule has 0 aromatic rings. The maximum Gasteiger partial charge on any atom is 0.472 e. The van der Waals surface area contributed by atoms with Gasteiger partial charge in [-0.1, -0.05) is 338 Å². The van der Waals surface area contributed by atoms with Crippen molar-refractivity contribution >= 4 is 39.5 Å². The molecule has 0 heterocycles. The molecule has 0 rings (SSSR count). The van der Waals surface area contributed by atoms with Crippen LogP contribution in [0.3, 0.4) is 0 Å². The van der Waals surface area contributed by atoms with Crippen LogP contribution in [0.4, 0.5) is 0 Å². The lowest BCUT2D eigenvalue weighted by molar-refractivity contribution is -0.161. The van der Waals surface area contributed by atoms with E-state index in [1.54, 1.807) is 0 Å². The smallest absolute Gasteiger partial charge is 0.462 e. The first kappa shape index (κ1) is 94.1. The Morgan fingerprint density at radius 1 is 0.292 bits per heavy atom. The summed E-state index contributed by atoms with van der Waals surface area (Å²) >= 11 is 0. The number of hydrogen-bond acceptors (Lipinski definition) is 15. The van der Waals surface area contributed by atoms with E-state index in [1.807, 2.05) is 0 Å². The van der Waals surface area contributed by atoms with Crippen LogP contribution < -0.4 is 0 Å². The minimum atomic E-state index is -4.96. The minimum absolute atomic E-state index is 0.102. The summed E-state index contributed by atoms with van der Waals surface area (Å²) in [5.74, 6) is 0.881. The second kappa shape index (κ2) is 66.3. The number of hydrogen-bond donors (Lipinski definition) is 3. The van der Waals surface area contributed by atoms with Gasteiger partial charge in [-0.25, -0.2) is 9.13 Å². The van der Waals surface area contributed by atoms with Gasteiger partial charge in [-0.3, -0.25) is 37.3 Å². The largest absolute Gasteiger partial charge is 0.472 e. The standard InChI is InChI=1S/C77H150O17P2/c1-9-70(8)56-48-40-30-26-22-18-14-12-10-11-13-15-19-23-27-31-41-49-57-74(79)87-63-73(94-77(82)60-52-44-36-34-39-47-55-69(6)7)66-92-96(85,86)90-62-71(78)61-89-95(83,84)91-65-72(64-88-75(80)58-50-42-35-33-38-46-54-68(4)5)93-76(81)59-51-43-32-28-24-20-16-17-21-25-29-37-45-53-67(2)3/h67-73,78H,9-66H2,1-8H3,(H,83,84)(H,85,86)/t70?,71-,72+,73+/m0/s1. The number of phosphoric ester groups is 2. The Balaban J connectivity index is 5.09. The molecule has 0 radical (unpaired) electrons. The zero-order valence-electron chi connectivity index (χ0n) is 63.0. The fourth-order valence-corrected chi connectivity index (χ4v) is 13.3.